The average molecular weight is 246 g/mol. The van der Waals surface area contributed by atoms with Crippen LogP contribution < -0.4 is 5.32 Å². The molecule has 0 aliphatic heterocycles. The highest BCUT2D eigenvalue weighted by Crippen LogP contribution is 2.18. The van der Waals surface area contributed by atoms with Crippen molar-refractivity contribution in [3.63, 3.8) is 0 Å². The minimum absolute atomic E-state index is 0.778. The van der Waals surface area contributed by atoms with Crippen molar-refractivity contribution in [3.8, 4) is 0 Å². The fourth-order valence-electron chi connectivity index (χ4n) is 2.34. The van der Waals surface area contributed by atoms with Crippen LogP contribution in [0.2, 0.25) is 0 Å². The summed E-state index contributed by atoms with van der Waals surface area (Å²) < 4.78 is 0. The van der Waals surface area contributed by atoms with Gasteiger partial charge >= 0.3 is 0 Å². The summed E-state index contributed by atoms with van der Waals surface area (Å²) in [5.41, 5.74) is 2.83. The van der Waals surface area contributed by atoms with Crippen LogP contribution >= 0.6 is 0 Å². The second kappa shape index (κ2) is 6.91. The third kappa shape index (κ3) is 3.82. The van der Waals surface area contributed by atoms with Gasteiger partial charge in [-0.2, -0.15) is 0 Å². The molecule has 0 spiro atoms. The highest BCUT2D eigenvalue weighted by molar-refractivity contribution is 5.22. The molecule has 0 heterocycles. The predicted molar refractivity (Wildman–Crippen MR) is 77.5 cm³/mol. The highest BCUT2D eigenvalue weighted by atomic mass is 15.1. The third-order valence-electron chi connectivity index (χ3n) is 4.02. The highest BCUT2D eigenvalue weighted by Gasteiger charge is 2.15. The van der Waals surface area contributed by atoms with Crippen molar-refractivity contribution in [1.82, 2.24) is 10.2 Å². The molecule has 100 valence electrons. The van der Waals surface area contributed by atoms with Gasteiger partial charge in [0.2, 0.25) is 0 Å². The van der Waals surface area contributed by atoms with E-state index in [9.17, 15) is 0 Å². The van der Waals surface area contributed by atoms with E-state index in [1.165, 1.54) is 30.4 Å². The zero-order valence-corrected chi connectivity index (χ0v) is 11.8. The molecule has 18 heavy (non-hydrogen) atoms. The summed E-state index contributed by atoms with van der Waals surface area (Å²) in [6.07, 6.45) is 4.13. The average Bonchev–Trinajstić information content (AvgIpc) is 2.36. The van der Waals surface area contributed by atoms with Crippen LogP contribution in [0.1, 0.15) is 44.2 Å². The summed E-state index contributed by atoms with van der Waals surface area (Å²) in [4.78, 5) is 2.45. The molecule has 1 aromatic rings. The maximum atomic E-state index is 3.61. The van der Waals surface area contributed by atoms with Gasteiger partial charge in [-0.05, 0) is 37.1 Å². The fraction of sp³-hybridized carbons (Fsp3) is 0.625. The molecule has 2 nitrogen and oxygen atoms in total. The lowest BCUT2D eigenvalue weighted by Gasteiger charge is -2.26. The summed E-state index contributed by atoms with van der Waals surface area (Å²) >= 11 is 0. The Labute approximate surface area is 111 Å². The maximum Gasteiger partial charge on any atom is 0.0233 e. The molecule has 0 unspecified atom stereocenters. The molecule has 1 saturated carbocycles. The summed E-state index contributed by atoms with van der Waals surface area (Å²) in [6.45, 7) is 8.79. The molecule has 0 bridgehead atoms. The number of rotatable bonds is 7. The van der Waals surface area contributed by atoms with Crippen LogP contribution in [0.5, 0.6) is 0 Å². The quantitative estimate of drug-likeness (QED) is 0.795. The molecule has 1 N–H and O–H groups in total. The third-order valence-corrected chi connectivity index (χ3v) is 4.02. The van der Waals surface area contributed by atoms with Crippen LogP contribution in [0.25, 0.3) is 0 Å². The molecule has 0 aromatic heterocycles. The minimum atomic E-state index is 0.778. The Morgan fingerprint density at radius 2 is 1.67 bits per heavy atom. The maximum absolute atomic E-state index is 3.61. The van der Waals surface area contributed by atoms with Gasteiger partial charge in [0, 0.05) is 19.1 Å². The van der Waals surface area contributed by atoms with Crippen LogP contribution in [0.3, 0.4) is 0 Å². The molecule has 0 radical (unpaired) electrons. The molecule has 0 amide bonds. The lowest BCUT2D eigenvalue weighted by Crippen LogP contribution is -2.34. The smallest absolute Gasteiger partial charge is 0.0233 e. The second-order valence-corrected chi connectivity index (χ2v) is 5.29. The Morgan fingerprint density at radius 1 is 1.06 bits per heavy atom. The number of hydrogen-bond donors (Lipinski definition) is 1. The molecular formula is C16H26N2. The van der Waals surface area contributed by atoms with Crippen LogP contribution in [0.15, 0.2) is 24.3 Å². The van der Waals surface area contributed by atoms with E-state index in [1.54, 1.807) is 0 Å². The Kier molecular flexibility index (Phi) is 5.21. The lowest BCUT2D eigenvalue weighted by molar-refractivity contribution is 0.296. The van der Waals surface area contributed by atoms with E-state index in [4.69, 9.17) is 0 Å². The Hall–Kier alpha value is -0.860. The zero-order chi connectivity index (χ0) is 12.8. The molecule has 0 atom stereocenters. The number of benzene rings is 1. The summed E-state index contributed by atoms with van der Waals surface area (Å²) in [5.74, 6) is 0. The SMILES string of the molecule is CCN(CC)Cc1ccc(CNC2CCC2)cc1. The molecular weight excluding hydrogens is 220 g/mol. The normalized spacial score (nSPS) is 15.9. The first-order chi connectivity index (χ1) is 8.81. The van der Waals surface area contributed by atoms with Crippen LogP contribution in [0.4, 0.5) is 0 Å². The summed E-state index contributed by atoms with van der Waals surface area (Å²) in [7, 11) is 0. The topological polar surface area (TPSA) is 15.3 Å². The Bertz CT molecular complexity index is 337. The molecule has 2 heteroatoms. The van der Waals surface area contributed by atoms with Crippen molar-refractivity contribution < 1.29 is 0 Å². The van der Waals surface area contributed by atoms with Crippen LogP contribution in [-0.4, -0.2) is 24.0 Å². The van der Waals surface area contributed by atoms with Gasteiger partial charge in [-0.3, -0.25) is 4.90 Å². The van der Waals surface area contributed by atoms with E-state index in [0.29, 0.717) is 0 Å². The van der Waals surface area contributed by atoms with E-state index >= 15 is 0 Å². The molecule has 0 saturated heterocycles. The number of nitrogens with zero attached hydrogens (tertiary/aromatic N) is 1. The van der Waals surface area contributed by atoms with E-state index in [1.807, 2.05) is 0 Å². The summed E-state index contributed by atoms with van der Waals surface area (Å²) in [6, 6.07) is 9.86. The summed E-state index contributed by atoms with van der Waals surface area (Å²) in [5, 5.41) is 3.61. The predicted octanol–water partition coefficient (Wildman–Crippen LogP) is 3.17. The monoisotopic (exact) mass is 246 g/mol. The number of nitrogens with one attached hydrogen (secondary N) is 1. The van der Waals surface area contributed by atoms with Crippen molar-refractivity contribution >= 4 is 0 Å². The van der Waals surface area contributed by atoms with Gasteiger partial charge in [-0.1, -0.05) is 44.5 Å². The first-order valence-electron chi connectivity index (χ1n) is 7.35. The Morgan fingerprint density at radius 3 is 2.17 bits per heavy atom. The van der Waals surface area contributed by atoms with Gasteiger partial charge in [0.25, 0.3) is 0 Å². The number of hydrogen-bond acceptors (Lipinski definition) is 2. The second-order valence-electron chi connectivity index (χ2n) is 5.29. The lowest BCUT2D eigenvalue weighted by atomic mass is 9.93. The molecule has 1 aliphatic carbocycles. The molecule has 1 aliphatic rings. The van der Waals surface area contributed by atoms with Crippen LogP contribution in [0, 0.1) is 0 Å². The molecule has 1 aromatic carbocycles. The van der Waals surface area contributed by atoms with E-state index in [0.717, 1.165) is 32.2 Å². The van der Waals surface area contributed by atoms with Gasteiger partial charge in [0.1, 0.15) is 0 Å². The first kappa shape index (κ1) is 13.6. The van der Waals surface area contributed by atoms with Gasteiger partial charge in [0.15, 0.2) is 0 Å². The van der Waals surface area contributed by atoms with Crippen molar-refractivity contribution in [1.29, 1.82) is 0 Å². The molecule has 2 rings (SSSR count). The first-order valence-corrected chi connectivity index (χ1v) is 7.35. The van der Waals surface area contributed by atoms with Crippen molar-refractivity contribution in [3.05, 3.63) is 35.4 Å². The van der Waals surface area contributed by atoms with Crippen molar-refractivity contribution in [2.75, 3.05) is 13.1 Å². The van der Waals surface area contributed by atoms with Crippen molar-refractivity contribution in [2.24, 2.45) is 0 Å². The zero-order valence-electron chi connectivity index (χ0n) is 11.8. The van der Waals surface area contributed by atoms with Gasteiger partial charge < -0.3 is 5.32 Å². The van der Waals surface area contributed by atoms with Gasteiger partial charge in [0.05, 0.1) is 0 Å². The van der Waals surface area contributed by atoms with E-state index in [-0.39, 0.29) is 0 Å². The van der Waals surface area contributed by atoms with Gasteiger partial charge in [-0.15, -0.1) is 0 Å². The Balaban J connectivity index is 1.80. The largest absolute Gasteiger partial charge is 0.310 e. The minimum Gasteiger partial charge on any atom is -0.310 e. The van der Waals surface area contributed by atoms with Crippen LogP contribution in [-0.2, 0) is 13.1 Å². The standard InChI is InChI=1S/C16H26N2/c1-3-18(4-2)13-15-10-8-14(9-11-15)12-17-16-6-5-7-16/h8-11,16-17H,3-7,12-13H2,1-2H3. The van der Waals surface area contributed by atoms with Crippen molar-refractivity contribution in [2.45, 2.75) is 52.2 Å². The van der Waals surface area contributed by atoms with E-state index in [2.05, 4.69) is 48.3 Å². The fourth-order valence-corrected chi connectivity index (χ4v) is 2.34. The van der Waals surface area contributed by atoms with E-state index < -0.39 is 0 Å². The molecule has 1 fully saturated rings. The van der Waals surface area contributed by atoms with Gasteiger partial charge in [-0.25, -0.2) is 0 Å².